The first-order valence-corrected chi connectivity index (χ1v) is 10.4. The molecule has 148 valence electrons. The SMILES string of the molecule is Cc1c(O)ccc(C23CCCC2C2(CCCC2)c2ccc(O)c(C)c2O3)c1O. The number of benzene rings is 2. The van der Waals surface area contributed by atoms with E-state index in [2.05, 4.69) is 6.07 Å². The lowest BCUT2D eigenvalue weighted by Crippen LogP contribution is -2.51. The largest absolute Gasteiger partial charge is 0.508 e. The molecule has 2 atom stereocenters. The fourth-order valence-electron chi connectivity index (χ4n) is 6.43. The Kier molecular flexibility index (Phi) is 3.68. The summed E-state index contributed by atoms with van der Waals surface area (Å²) in [5, 5.41) is 31.4. The molecule has 0 aromatic heterocycles. The van der Waals surface area contributed by atoms with Gasteiger partial charge in [0, 0.05) is 33.6 Å². The Hall–Kier alpha value is -2.36. The molecule has 2 aliphatic carbocycles. The fourth-order valence-corrected chi connectivity index (χ4v) is 6.43. The van der Waals surface area contributed by atoms with E-state index in [0.717, 1.165) is 49.0 Å². The van der Waals surface area contributed by atoms with Crippen molar-refractivity contribution in [3.05, 3.63) is 46.5 Å². The molecule has 0 amide bonds. The van der Waals surface area contributed by atoms with Crippen LogP contribution in [0.5, 0.6) is 23.0 Å². The molecule has 3 aliphatic rings. The van der Waals surface area contributed by atoms with Crippen molar-refractivity contribution in [2.24, 2.45) is 5.92 Å². The molecule has 28 heavy (non-hydrogen) atoms. The first-order chi connectivity index (χ1) is 13.4. The van der Waals surface area contributed by atoms with Gasteiger partial charge in [0.25, 0.3) is 0 Å². The van der Waals surface area contributed by atoms with Crippen LogP contribution in [0.2, 0.25) is 0 Å². The quantitative estimate of drug-likeness (QED) is 0.626. The number of phenols is 3. The van der Waals surface area contributed by atoms with E-state index in [1.54, 1.807) is 13.0 Å². The molecular formula is C24H28O4. The van der Waals surface area contributed by atoms with Gasteiger partial charge in [0.1, 0.15) is 28.6 Å². The van der Waals surface area contributed by atoms with Crippen molar-refractivity contribution in [3.8, 4) is 23.0 Å². The van der Waals surface area contributed by atoms with Crippen LogP contribution in [-0.2, 0) is 11.0 Å². The summed E-state index contributed by atoms with van der Waals surface area (Å²) in [6, 6.07) is 7.38. The minimum Gasteiger partial charge on any atom is -0.508 e. The maximum Gasteiger partial charge on any atom is 0.141 e. The van der Waals surface area contributed by atoms with Gasteiger partial charge in [-0.25, -0.2) is 0 Å². The molecule has 2 aromatic carbocycles. The van der Waals surface area contributed by atoms with E-state index < -0.39 is 5.60 Å². The minimum absolute atomic E-state index is 0.0285. The standard InChI is InChI=1S/C24H28O4/c1-14-18(25)9-7-16(21(14)27)24-13-5-6-20(24)23(11-3-4-12-23)17-8-10-19(26)15(2)22(17)28-24/h7-10,20,25-27H,3-6,11-13H2,1-2H3. The molecular weight excluding hydrogens is 352 g/mol. The lowest BCUT2D eigenvalue weighted by molar-refractivity contribution is -0.0372. The second kappa shape index (κ2) is 5.82. The number of fused-ring (bicyclic) bond motifs is 4. The molecule has 5 rings (SSSR count). The molecule has 1 heterocycles. The second-order valence-electron chi connectivity index (χ2n) is 8.99. The molecule has 2 unspecified atom stereocenters. The second-order valence-corrected chi connectivity index (χ2v) is 8.99. The normalized spacial score (nSPS) is 27.4. The molecule has 3 N–H and O–H groups in total. The van der Waals surface area contributed by atoms with Gasteiger partial charge in [-0.1, -0.05) is 18.9 Å². The van der Waals surface area contributed by atoms with Crippen LogP contribution in [0.4, 0.5) is 0 Å². The number of ether oxygens (including phenoxy) is 1. The van der Waals surface area contributed by atoms with E-state index in [4.69, 9.17) is 4.74 Å². The average molecular weight is 380 g/mol. The summed E-state index contributed by atoms with van der Waals surface area (Å²) >= 11 is 0. The highest BCUT2D eigenvalue weighted by molar-refractivity contribution is 5.58. The van der Waals surface area contributed by atoms with Gasteiger partial charge in [-0.15, -0.1) is 0 Å². The molecule has 0 saturated heterocycles. The summed E-state index contributed by atoms with van der Waals surface area (Å²) < 4.78 is 6.80. The maximum atomic E-state index is 11.0. The molecule has 4 nitrogen and oxygen atoms in total. The van der Waals surface area contributed by atoms with Crippen molar-refractivity contribution in [2.45, 2.75) is 69.8 Å². The summed E-state index contributed by atoms with van der Waals surface area (Å²) in [5.74, 6) is 1.58. The Balaban J connectivity index is 1.80. The summed E-state index contributed by atoms with van der Waals surface area (Å²) in [6.45, 7) is 3.66. The summed E-state index contributed by atoms with van der Waals surface area (Å²) in [5.41, 5.74) is 2.71. The Labute approximate surface area is 165 Å². The highest BCUT2D eigenvalue weighted by atomic mass is 16.5. The summed E-state index contributed by atoms with van der Waals surface area (Å²) in [7, 11) is 0. The Morgan fingerprint density at radius 1 is 0.821 bits per heavy atom. The van der Waals surface area contributed by atoms with Gasteiger partial charge in [0.15, 0.2) is 0 Å². The number of aromatic hydroxyl groups is 3. The number of hydrogen-bond acceptors (Lipinski definition) is 4. The van der Waals surface area contributed by atoms with Crippen LogP contribution < -0.4 is 4.74 Å². The van der Waals surface area contributed by atoms with E-state index in [-0.39, 0.29) is 28.6 Å². The Bertz CT molecular complexity index is 958. The van der Waals surface area contributed by atoms with Gasteiger partial charge in [0.05, 0.1) is 0 Å². The van der Waals surface area contributed by atoms with Crippen molar-refractivity contribution >= 4 is 0 Å². The maximum absolute atomic E-state index is 11.0. The van der Waals surface area contributed by atoms with Crippen molar-refractivity contribution < 1.29 is 20.1 Å². The van der Waals surface area contributed by atoms with Crippen LogP contribution in [0.25, 0.3) is 0 Å². The molecule has 1 spiro atoms. The van der Waals surface area contributed by atoms with Crippen LogP contribution in [-0.4, -0.2) is 15.3 Å². The summed E-state index contributed by atoms with van der Waals surface area (Å²) in [6.07, 6.45) is 7.60. The number of phenolic OH excluding ortho intramolecular Hbond substituents is 3. The van der Waals surface area contributed by atoms with Crippen LogP contribution >= 0.6 is 0 Å². The van der Waals surface area contributed by atoms with E-state index in [9.17, 15) is 15.3 Å². The third-order valence-electron chi connectivity index (χ3n) is 7.82. The zero-order valence-electron chi connectivity index (χ0n) is 16.6. The summed E-state index contributed by atoms with van der Waals surface area (Å²) in [4.78, 5) is 0. The smallest absolute Gasteiger partial charge is 0.141 e. The molecule has 2 aromatic rings. The van der Waals surface area contributed by atoms with Crippen molar-refractivity contribution in [3.63, 3.8) is 0 Å². The van der Waals surface area contributed by atoms with Crippen molar-refractivity contribution in [1.82, 2.24) is 0 Å². The van der Waals surface area contributed by atoms with Gasteiger partial charge < -0.3 is 20.1 Å². The fraction of sp³-hybridized carbons (Fsp3) is 0.500. The zero-order chi connectivity index (χ0) is 19.7. The molecule has 0 bridgehead atoms. The van der Waals surface area contributed by atoms with Gasteiger partial charge in [-0.3, -0.25) is 0 Å². The lowest BCUT2D eigenvalue weighted by Gasteiger charge is -2.52. The average Bonchev–Trinajstić information content (AvgIpc) is 3.32. The zero-order valence-corrected chi connectivity index (χ0v) is 16.6. The predicted octanol–water partition coefficient (Wildman–Crippen LogP) is 5.32. The lowest BCUT2D eigenvalue weighted by atomic mass is 9.60. The van der Waals surface area contributed by atoms with Crippen LogP contribution in [0.15, 0.2) is 24.3 Å². The first-order valence-electron chi connectivity index (χ1n) is 10.4. The van der Waals surface area contributed by atoms with Crippen LogP contribution in [0, 0.1) is 19.8 Å². The molecule has 2 fully saturated rings. The first kappa shape index (κ1) is 17.7. The number of hydrogen-bond donors (Lipinski definition) is 3. The number of rotatable bonds is 1. The van der Waals surface area contributed by atoms with E-state index in [0.29, 0.717) is 5.56 Å². The topological polar surface area (TPSA) is 69.9 Å². The Morgan fingerprint density at radius 3 is 2.18 bits per heavy atom. The molecule has 0 radical (unpaired) electrons. The van der Waals surface area contributed by atoms with E-state index in [1.165, 1.54) is 18.4 Å². The van der Waals surface area contributed by atoms with E-state index >= 15 is 0 Å². The third-order valence-corrected chi connectivity index (χ3v) is 7.82. The molecule has 1 aliphatic heterocycles. The van der Waals surface area contributed by atoms with Crippen molar-refractivity contribution in [1.29, 1.82) is 0 Å². The van der Waals surface area contributed by atoms with Gasteiger partial charge in [-0.05, 0) is 64.2 Å². The van der Waals surface area contributed by atoms with Crippen LogP contribution in [0.1, 0.15) is 67.2 Å². The van der Waals surface area contributed by atoms with Gasteiger partial charge in [0.2, 0.25) is 0 Å². The van der Waals surface area contributed by atoms with E-state index in [1.807, 2.05) is 19.1 Å². The third kappa shape index (κ3) is 2.06. The predicted molar refractivity (Wildman–Crippen MR) is 107 cm³/mol. The molecule has 2 saturated carbocycles. The Morgan fingerprint density at radius 2 is 1.46 bits per heavy atom. The monoisotopic (exact) mass is 380 g/mol. The van der Waals surface area contributed by atoms with Crippen molar-refractivity contribution in [2.75, 3.05) is 0 Å². The van der Waals surface area contributed by atoms with Gasteiger partial charge >= 0.3 is 0 Å². The molecule has 4 heteroatoms. The minimum atomic E-state index is -0.613. The van der Waals surface area contributed by atoms with Gasteiger partial charge in [-0.2, -0.15) is 0 Å². The highest BCUT2D eigenvalue weighted by Crippen LogP contribution is 2.66. The van der Waals surface area contributed by atoms with Crippen LogP contribution in [0.3, 0.4) is 0 Å². The highest BCUT2D eigenvalue weighted by Gasteiger charge is 2.62.